The number of carbonyl (C=O) groups excluding carboxylic acids is 3. The first kappa shape index (κ1) is 20.1. The average Bonchev–Trinajstić information content (AvgIpc) is 3.17. The van der Waals surface area contributed by atoms with E-state index in [0.717, 1.165) is 24.8 Å². The SMILES string of the molecule is C=CC(=O)NCC1(c2ccccc2)CC(NC(=O)C(=O)N2CCCC2CC)C1. The minimum atomic E-state index is -0.512. The summed E-state index contributed by atoms with van der Waals surface area (Å²) in [5.41, 5.74) is 0.891. The lowest BCUT2D eigenvalue weighted by Crippen LogP contribution is -2.59. The number of hydrogen-bond acceptors (Lipinski definition) is 3. The Hall–Kier alpha value is -2.63. The van der Waals surface area contributed by atoms with Gasteiger partial charge in [-0.3, -0.25) is 14.4 Å². The fraction of sp³-hybridized carbons (Fsp3) is 0.500. The minimum Gasteiger partial charge on any atom is -0.352 e. The summed E-state index contributed by atoms with van der Waals surface area (Å²) in [4.78, 5) is 38.3. The molecule has 1 aromatic rings. The quantitative estimate of drug-likeness (QED) is 0.582. The van der Waals surface area contributed by atoms with E-state index in [9.17, 15) is 14.4 Å². The van der Waals surface area contributed by atoms with Crippen LogP contribution in [-0.2, 0) is 19.8 Å². The largest absolute Gasteiger partial charge is 0.352 e. The van der Waals surface area contributed by atoms with Crippen LogP contribution in [0.4, 0.5) is 0 Å². The Balaban J connectivity index is 1.61. The molecule has 3 amide bonds. The summed E-state index contributed by atoms with van der Waals surface area (Å²) in [7, 11) is 0. The summed E-state index contributed by atoms with van der Waals surface area (Å²) >= 11 is 0. The monoisotopic (exact) mass is 383 g/mol. The molecule has 0 aromatic heterocycles. The average molecular weight is 383 g/mol. The van der Waals surface area contributed by atoms with E-state index in [4.69, 9.17) is 0 Å². The van der Waals surface area contributed by atoms with Gasteiger partial charge in [0.15, 0.2) is 0 Å². The zero-order valence-electron chi connectivity index (χ0n) is 16.4. The predicted molar refractivity (Wildman–Crippen MR) is 108 cm³/mol. The summed E-state index contributed by atoms with van der Waals surface area (Å²) < 4.78 is 0. The number of benzene rings is 1. The highest BCUT2D eigenvalue weighted by Crippen LogP contribution is 2.43. The number of rotatable bonds is 6. The Morgan fingerprint density at radius 3 is 2.61 bits per heavy atom. The minimum absolute atomic E-state index is 0.0695. The molecule has 2 fully saturated rings. The lowest BCUT2D eigenvalue weighted by Gasteiger charge is -2.48. The van der Waals surface area contributed by atoms with Crippen molar-refractivity contribution in [2.24, 2.45) is 0 Å². The Kier molecular flexibility index (Phi) is 6.17. The molecular formula is C22H29N3O3. The highest BCUT2D eigenvalue weighted by molar-refractivity contribution is 6.35. The predicted octanol–water partition coefficient (Wildman–Crippen LogP) is 1.91. The van der Waals surface area contributed by atoms with Crippen molar-refractivity contribution in [3.05, 3.63) is 48.6 Å². The van der Waals surface area contributed by atoms with Gasteiger partial charge < -0.3 is 15.5 Å². The molecule has 1 atom stereocenters. The van der Waals surface area contributed by atoms with Crippen molar-refractivity contribution < 1.29 is 14.4 Å². The summed E-state index contributed by atoms with van der Waals surface area (Å²) in [6, 6.07) is 10.1. The van der Waals surface area contributed by atoms with Gasteiger partial charge >= 0.3 is 11.8 Å². The molecule has 0 bridgehead atoms. The van der Waals surface area contributed by atoms with Crippen molar-refractivity contribution in [1.29, 1.82) is 0 Å². The third-order valence-electron chi connectivity index (χ3n) is 6.09. The van der Waals surface area contributed by atoms with Gasteiger partial charge in [-0.2, -0.15) is 0 Å². The molecule has 0 spiro atoms. The van der Waals surface area contributed by atoms with Gasteiger partial charge in [0.05, 0.1) is 0 Å². The number of nitrogens with one attached hydrogen (secondary N) is 2. The molecular weight excluding hydrogens is 354 g/mol. The maximum absolute atomic E-state index is 12.5. The van der Waals surface area contributed by atoms with Crippen molar-refractivity contribution >= 4 is 17.7 Å². The first-order valence-electron chi connectivity index (χ1n) is 10.1. The van der Waals surface area contributed by atoms with E-state index in [1.165, 1.54) is 6.08 Å². The Labute approximate surface area is 166 Å². The second-order valence-electron chi connectivity index (χ2n) is 7.85. The summed E-state index contributed by atoms with van der Waals surface area (Å²) in [6.07, 6.45) is 5.44. The molecule has 1 saturated carbocycles. The van der Waals surface area contributed by atoms with Gasteiger partial charge in [0, 0.05) is 30.6 Å². The van der Waals surface area contributed by atoms with E-state index in [0.29, 0.717) is 25.9 Å². The third kappa shape index (κ3) is 4.11. The van der Waals surface area contributed by atoms with E-state index in [-0.39, 0.29) is 23.4 Å². The molecule has 2 aliphatic rings. The lowest BCUT2D eigenvalue weighted by atomic mass is 9.61. The number of likely N-dealkylation sites (tertiary alicyclic amines) is 1. The van der Waals surface area contributed by atoms with Crippen LogP contribution in [0.1, 0.15) is 44.6 Å². The smallest absolute Gasteiger partial charge is 0.312 e. The van der Waals surface area contributed by atoms with Crippen LogP contribution in [0.5, 0.6) is 0 Å². The zero-order valence-corrected chi connectivity index (χ0v) is 16.4. The maximum Gasteiger partial charge on any atom is 0.312 e. The van der Waals surface area contributed by atoms with Crippen LogP contribution in [0, 0.1) is 0 Å². The Morgan fingerprint density at radius 1 is 1.25 bits per heavy atom. The summed E-state index contributed by atoms with van der Waals surface area (Å²) in [6.45, 7) is 6.68. The molecule has 1 heterocycles. The topological polar surface area (TPSA) is 78.5 Å². The number of carbonyl (C=O) groups is 3. The van der Waals surface area contributed by atoms with Crippen molar-refractivity contribution in [3.8, 4) is 0 Å². The molecule has 28 heavy (non-hydrogen) atoms. The van der Waals surface area contributed by atoms with Gasteiger partial charge in [0.25, 0.3) is 0 Å². The summed E-state index contributed by atoms with van der Waals surface area (Å²) in [5.74, 6) is -1.14. The van der Waals surface area contributed by atoms with Crippen LogP contribution >= 0.6 is 0 Å². The number of hydrogen-bond donors (Lipinski definition) is 2. The molecule has 3 rings (SSSR count). The van der Waals surface area contributed by atoms with Crippen molar-refractivity contribution in [3.63, 3.8) is 0 Å². The summed E-state index contributed by atoms with van der Waals surface area (Å²) in [5, 5.41) is 5.78. The molecule has 150 valence electrons. The molecule has 1 aliphatic carbocycles. The van der Waals surface area contributed by atoms with Gasteiger partial charge in [-0.1, -0.05) is 43.8 Å². The zero-order chi connectivity index (χ0) is 20.1. The van der Waals surface area contributed by atoms with E-state index >= 15 is 0 Å². The fourth-order valence-electron chi connectivity index (χ4n) is 4.49. The van der Waals surface area contributed by atoms with Crippen molar-refractivity contribution in [2.75, 3.05) is 13.1 Å². The Morgan fingerprint density at radius 2 is 1.96 bits per heavy atom. The fourth-order valence-corrected chi connectivity index (χ4v) is 4.49. The normalized spacial score (nSPS) is 26.2. The molecule has 6 heteroatoms. The van der Waals surface area contributed by atoms with Crippen LogP contribution < -0.4 is 10.6 Å². The van der Waals surface area contributed by atoms with Crippen LogP contribution in [0.15, 0.2) is 43.0 Å². The second kappa shape index (κ2) is 8.59. The molecule has 1 unspecified atom stereocenters. The third-order valence-corrected chi connectivity index (χ3v) is 6.09. The van der Waals surface area contributed by atoms with Gasteiger partial charge in [-0.25, -0.2) is 0 Å². The highest BCUT2D eigenvalue weighted by atomic mass is 16.2. The van der Waals surface area contributed by atoms with Gasteiger partial charge in [-0.15, -0.1) is 0 Å². The molecule has 1 saturated heterocycles. The van der Waals surface area contributed by atoms with E-state index in [1.807, 2.05) is 37.3 Å². The molecule has 2 N–H and O–H groups in total. The number of amides is 3. The van der Waals surface area contributed by atoms with Crippen LogP contribution in [0.2, 0.25) is 0 Å². The highest BCUT2D eigenvalue weighted by Gasteiger charge is 2.47. The van der Waals surface area contributed by atoms with Crippen LogP contribution in [0.3, 0.4) is 0 Å². The van der Waals surface area contributed by atoms with Crippen molar-refractivity contribution in [1.82, 2.24) is 15.5 Å². The van der Waals surface area contributed by atoms with Gasteiger partial charge in [-0.05, 0) is 43.7 Å². The van der Waals surface area contributed by atoms with E-state index < -0.39 is 11.8 Å². The van der Waals surface area contributed by atoms with Gasteiger partial charge in [0.2, 0.25) is 5.91 Å². The molecule has 6 nitrogen and oxygen atoms in total. The van der Waals surface area contributed by atoms with E-state index in [1.54, 1.807) is 4.90 Å². The Bertz CT molecular complexity index is 741. The first-order chi connectivity index (χ1) is 13.5. The van der Waals surface area contributed by atoms with Crippen LogP contribution in [-0.4, -0.2) is 47.8 Å². The van der Waals surface area contributed by atoms with E-state index in [2.05, 4.69) is 17.2 Å². The van der Waals surface area contributed by atoms with Crippen LogP contribution in [0.25, 0.3) is 0 Å². The number of nitrogens with zero attached hydrogens (tertiary/aromatic N) is 1. The molecule has 0 radical (unpaired) electrons. The lowest BCUT2D eigenvalue weighted by molar-refractivity contribution is -0.147. The molecule has 1 aliphatic heterocycles. The first-order valence-corrected chi connectivity index (χ1v) is 10.1. The second-order valence-corrected chi connectivity index (χ2v) is 7.85. The molecule has 1 aromatic carbocycles. The standard InChI is InChI=1S/C22H29N3O3/c1-3-18-11-8-12-25(18)21(28)20(27)24-17-13-22(14-17,15-23-19(26)4-2)16-9-6-5-7-10-16/h4-7,9-10,17-18H,2-3,8,11-15H2,1H3,(H,23,26)(H,24,27). The van der Waals surface area contributed by atoms with Gasteiger partial charge in [0.1, 0.15) is 0 Å². The maximum atomic E-state index is 12.5. The van der Waals surface area contributed by atoms with Crippen molar-refractivity contribution in [2.45, 2.75) is 56.5 Å².